The first kappa shape index (κ1) is 15.8. The standard InChI is InChI=1S/C18H20N6S/c25-18(22-12-14-11-21-16-4-2-1-3-15(14)16)24-9-7-23(8-10-24)17-13-19-5-6-20-17/h1-6,12-13,21H,7-11H2,(H,22,25)/b14-12-. The Morgan fingerprint density at radius 2 is 2.00 bits per heavy atom. The van der Waals surface area contributed by atoms with Gasteiger partial charge in [0.1, 0.15) is 5.82 Å². The van der Waals surface area contributed by atoms with E-state index in [9.17, 15) is 0 Å². The molecule has 0 amide bonds. The van der Waals surface area contributed by atoms with Crippen LogP contribution >= 0.6 is 12.2 Å². The number of thiocarbonyl (C=S) groups is 1. The van der Waals surface area contributed by atoms with Gasteiger partial charge in [-0.05, 0) is 23.9 Å². The lowest BCUT2D eigenvalue weighted by Crippen LogP contribution is -2.51. The van der Waals surface area contributed by atoms with Crippen LogP contribution in [0.1, 0.15) is 5.56 Å². The number of benzene rings is 1. The van der Waals surface area contributed by atoms with Gasteiger partial charge in [0.15, 0.2) is 5.11 Å². The number of nitrogens with zero attached hydrogens (tertiary/aromatic N) is 4. The predicted octanol–water partition coefficient (Wildman–Crippen LogP) is 1.94. The topological polar surface area (TPSA) is 56.3 Å². The van der Waals surface area contributed by atoms with Crippen LogP contribution in [0.2, 0.25) is 0 Å². The summed E-state index contributed by atoms with van der Waals surface area (Å²) >= 11 is 5.57. The van der Waals surface area contributed by atoms with Gasteiger partial charge in [0.25, 0.3) is 0 Å². The Hall–Kier alpha value is -2.67. The van der Waals surface area contributed by atoms with Crippen LogP contribution < -0.4 is 15.5 Å². The predicted molar refractivity (Wildman–Crippen MR) is 104 cm³/mol. The SMILES string of the molecule is S=C(N/C=C1/CNc2ccccc21)N1CCN(c2cnccn2)CC1. The van der Waals surface area contributed by atoms with Crippen molar-refractivity contribution in [1.29, 1.82) is 0 Å². The number of anilines is 2. The molecule has 0 unspecified atom stereocenters. The third kappa shape index (κ3) is 3.41. The van der Waals surface area contributed by atoms with E-state index in [1.165, 1.54) is 16.8 Å². The first-order valence-electron chi connectivity index (χ1n) is 8.40. The fraction of sp³-hybridized carbons (Fsp3) is 0.278. The zero-order valence-corrected chi connectivity index (χ0v) is 14.7. The molecule has 3 heterocycles. The Morgan fingerprint density at radius 3 is 2.80 bits per heavy atom. The van der Waals surface area contributed by atoms with E-state index in [1.807, 2.05) is 12.3 Å². The number of aromatic nitrogens is 2. The monoisotopic (exact) mass is 352 g/mol. The first-order chi connectivity index (χ1) is 12.3. The van der Waals surface area contributed by atoms with Crippen LogP contribution in [0, 0.1) is 0 Å². The summed E-state index contributed by atoms with van der Waals surface area (Å²) in [4.78, 5) is 12.9. The van der Waals surface area contributed by atoms with E-state index >= 15 is 0 Å². The maximum Gasteiger partial charge on any atom is 0.173 e. The Bertz CT molecular complexity index is 783. The number of piperazine rings is 1. The van der Waals surface area contributed by atoms with Crippen LogP contribution in [0.4, 0.5) is 11.5 Å². The minimum absolute atomic E-state index is 0.774. The lowest BCUT2D eigenvalue weighted by molar-refractivity contribution is 0.382. The molecule has 7 heteroatoms. The molecule has 2 aromatic rings. The number of hydrogen-bond donors (Lipinski definition) is 2. The van der Waals surface area contributed by atoms with E-state index < -0.39 is 0 Å². The molecular formula is C18H20N6S. The van der Waals surface area contributed by atoms with Crippen molar-refractivity contribution in [2.45, 2.75) is 0 Å². The number of nitrogens with one attached hydrogen (secondary N) is 2. The fourth-order valence-corrected chi connectivity index (χ4v) is 3.41. The second-order valence-corrected chi connectivity index (χ2v) is 6.44. The highest BCUT2D eigenvalue weighted by atomic mass is 32.1. The van der Waals surface area contributed by atoms with Gasteiger partial charge >= 0.3 is 0 Å². The minimum atomic E-state index is 0.774. The van der Waals surface area contributed by atoms with Gasteiger partial charge in [-0.3, -0.25) is 4.98 Å². The highest BCUT2D eigenvalue weighted by molar-refractivity contribution is 7.80. The summed E-state index contributed by atoms with van der Waals surface area (Å²) in [6.45, 7) is 4.36. The molecule has 1 saturated heterocycles. The molecule has 2 aliphatic heterocycles. The van der Waals surface area contributed by atoms with Crippen molar-refractivity contribution in [3.8, 4) is 0 Å². The zero-order valence-electron chi connectivity index (χ0n) is 13.9. The zero-order chi connectivity index (χ0) is 17.1. The van der Waals surface area contributed by atoms with Gasteiger partial charge < -0.3 is 20.4 Å². The van der Waals surface area contributed by atoms with Crippen molar-refractivity contribution in [1.82, 2.24) is 20.2 Å². The van der Waals surface area contributed by atoms with Crippen LogP contribution in [-0.4, -0.2) is 52.7 Å². The van der Waals surface area contributed by atoms with E-state index in [2.05, 4.69) is 48.6 Å². The molecule has 1 fully saturated rings. The number of para-hydroxylation sites is 1. The highest BCUT2D eigenvalue weighted by Gasteiger charge is 2.20. The minimum Gasteiger partial charge on any atom is -0.380 e. The summed E-state index contributed by atoms with van der Waals surface area (Å²) in [5, 5.41) is 7.47. The molecule has 0 bridgehead atoms. The van der Waals surface area contributed by atoms with Crippen LogP contribution in [-0.2, 0) is 0 Å². The third-order valence-electron chi connectivity index (χ3n) is 4.55. The van der Waals surface area contributed by atoms with Crippen molar-refractivity contribution in [3.05, 3.63) is 54.6 Å². The number of fused-ring (bicyclic) bond motifs is 1. The molecule has 6 nitrogen and oxygen atoms in total. The molecule has 0 radical (unpaired) electrons. The Balaban J connectivity index is 1.34. The smallest absolute Gasteiger partial charge is 0.173 e. The van der Waals surface area contributed by atoms with Gasteiger partial charge in [-0.15, -0.1) is 0 Å². The second kappa shape index (κ2) is 7.06. The summed E-state index contributed by atoms with van der Waals surface area (Å²) in [5.41, 5.74) is 3.65. The second-order valence-electron chi connectivity index (χ2n) is 6.06. The molecule has 0 atom stereocenters. The van der Waals surface area contributed by atoms with Crippen molar-refractivity contribution in [2.24, 2.45) is 0 Å². The average Bonchev–Trinajstić information content (AvgIpc) is 3.10. The van der Waals surface area contributed by atoms with E-state index in [1.54, 1.807) is 18.6 Å². The molecule has 25 heavy (non-hydrogen) atoms. The van der Waals surface area contributed by atoms with E-state index in [-0.39, 0.29) is 0 Å². The maximum absolute atomic E-state index is 5.57. The summed E-state index contributed by atoms with van der Waals surface area (Å²) in [6.07, 6.45) is 7.26. The Morgan fingerprint density at radius 1 is 1.16 bits per heavy atom. The van der Waals surface area contributed by atoms with E-state index in [4.69, 9.17) is 12.2 Å². The van der Waals surface area contributed by atoms with Gasteiger partial charge in [0.05, 0.1) is 6.20 Å². The fourth-order valence-electron chi connectivity index (χ4n) is 3.17. The normalized spacial score (nSPS) is 18.0. The highest BCUT2D eigenvalue weighted by Crippen LogP contribution is 2.29. The maximum atomic E-state index is 5.57. The van der Waals surface area contributed by atoms with E-state index in [0.717, 1.165) is 43.7 Å². The van der Waals surface area contributed by atoms with Gasteiger partial charge in [0.2, 0.25) is 0 Å². The molecule has 0 saturated carbocycles. The molecule has 0 spiro atoms. The molecule has 2 N–H and O–H groups in total. The summed E-state index contributed by atoms with van der Waals surface area (Å²) in [6, 6.07) is 8.33. The molecule has 1 aromatic heterocycles. The van der Waals surface area contributed by atoms with Crippen molar-refractivity contribution in [2.75, 3.05) is 42.9 Å². The van der Waals surface area contributed by atoms with Gasteiger partial charge in [-0.25, -0.2) is 4.98 Å². The van der Waals surface area contributed by atoms with Gasteiger partial charge in [0, 0.05) is 62.6 Å². The van der Waals surface area contributed by atoms with Gasteiger partial charge in [-0.2, -0.15) is 0 Å². The lowest BCUT2D eigenvalue weighted by atomic mass is 10.1. The van der Waals surface area contributed by atoms with Crippen molar-refractivity contribution in [3.63, 3.8) is 0 Å². The number of hydrogen-bond acceptors (Lipinski definition) is 5. The van der Waals surface area contributed by atoms with E-state index in [0.29, 0.717) is 0 Å². The molecule has 1 aromatic carbocycles. The first-order valence-corrected chi connectivity index (χ1v) is 8.81. The summed E-state index contributed by atoms with van der Waals surface area (Å²) in [5.74, 6) is 0.928. The largest absolute Gasteiger partial charge is 0.380 e. The van der Waals surface area contributed by atoms with Gasteiger partial charge in [-0.1, -0.05) is 18.2 Å². The quantitative estimate of drug-likeness (QED) is 0.801. The summed E-state index contributed by atoms with van der Waals surface area (Å²) < 4.78 is 0. The van der Waals surface area contributed by atoms with Crippen molar-refractivity contribution >= 4 is 34.4 Å². The van der Waals surface area contributed by atoms with Crippen LogP contribution in [0.25, 0.3) is 5.57 Å². The van der Waals surface area contributed by atoms with Crippen LogP contribution in [0.15, 0.2) is 49.1 Å². The molecule has 4 rings (SSSR count). The molecule has 2 aliphatic rings. The molecular weight excluding hydrogens is 332 g/mol. The molecule has 128 valence electrons. The average molecular weight is 352 g/mol. The van der Waals surface area contributed by atoms with Crippen molar-refractivity contribution < 1.29 is 0 Å². The molecule has 0 aliphatic carbocycles. The summed E-state index contributed by atoms with van der Waals surface area (Å²) in [7, 11) is 0. The third-order valence-corrected chi connectivity index (χ3v) is 4.93. The number of rotatable bonds is 2. The Labute approximate surface area is 152 Å². The lowest BCUT2D eigenvalue weighted by Gasteiger charge is -2.36. The van der Waals surface area contributed by atoms with Crippen LogP contribution in [0.5, 0.6) is 0 Å². The Kier molecular flexibility index (Phi) is 4.47. The van der Waals surface area contributed by atoms with Crippen LogP contribution in [0.3, 0.4) is 0 Å².